The average molecular weight is 363 g/mol. The van der Waals surface area contributed by atoms with E-state index in [0.717, 1.165) is 10.5 Å². The lowest BCUT2D eigenvalue weighted by atomic mass is 10.1. The van der Waals surface area contributed by atoms with E-state index in [0.29, 0.717) is 27.8 Å². The molecule has 2 N–H and O–H groups in total. The molecule has 0 radical (unpaired) electrons. The van der Waals surface area contributed by atoms with E-state index in [1.807, 2.05) is 32.2 Å². The smallest absolute Gasteiger partial charge is 0.282 e. The molecule has 24 heavy (non-hydrogen) atoms. The van der Waals surface area contributed by atoms with Crippen LogP contribution in [0, 0.1) is 11.3 Å². The minimum absolute atomic E-state index is 0.0859. The van der Waals surface area contributed by atoms with Crippen LogP contribution in [-0.4, -0.2) is 19.0 Å². The molecular formula is C18H18Cl2N3O+. The Bertz CT molecular complexity index is 769. The topological polar surface area (TPSA) is 57.3 Å². The summed E-state index contributed by atoms with van der Waals surface area (Å²) in [6.07, 6.45) is 0. The van der Waals surface area contributed by atoms with E-state index < -0.39 is 0 Å². The molecule has 1 unspecified atom stereocenters. The van der Waals surface area contributed by atoms with Crippen molar-refractivity contribution in [2.24, 2.45) is 0 Å². The van der Waals surface area contributed by atoms with Crippen LogP contribution in [0.15, 0.2) is 42.5 Å². The second-order valence-corrected chi connectivity index (χ2v) is 6.49. The van der Waals surface area contributed by atoms with Crippen LogP contribution in [0.25, 0.3) is 0 Å². The fourth-order valence-corrected chi connectivity index (χ4v) is 2.55. The molecule has 0 spiro atoms. The van der Waals surface area contributed by atoms with E-state index in [2.05, 4.69) is 5.32 Å². The molecule has 0 heterocycles. The van der Waals surface area contributed by atoms with Crippen LogP contribution in [0.5, 0.6) is 0 Å². The van der Waals surface area contributed by atoms with Crippen molar-refractivity contribution in [3.63, 3.8) is 0 Å². The monoisotopic (exact) mass is 362 g/mol. The van der Waals surface area contributed by atoms with Crippen molar-refractivity contribution in [3.05, 3.63) is 63.6 Å². The van der Waals surface area contributed by atoms with Crippen molar-refractivity contribution in [3.8, 4) is 6.07 Å². The highest BCUT2D eigenvalue weighted by Gasteiger charge is 2.22. The SMILES string of the molecule is C[C@@H](C(=O)Nc1ccc(C#N)cc1)[NH+](C)Cc1ccc(Cl)c(Cl)c1. The van der Waals surface area contributed by atoms with Crippen molar-refractivity contribution in [2.75, 3.05) is 12.4 Å². The van der Waals surface area contributed by atoms with Gasteiger partial charge in [0.1, 0.15) is 6.54 Å². The molecule has 0 saturated heterocycles. The number of nitrogens with one attached hydrogen (secondary N) is 2. The molecule has 0 aliphatic heterocycles. The summed E-state index contributed by atoms with van der Waals surface area (Å²) in [5.74, 6) is -0.0859. The highest BCUT2D eigenvalue weighted by Crippen LogP contribution is 2.22. The zero-order valence-electron chi connectivity index (χ0n) is 13.4. The summed E-state index contributed by atoms with van der Waals surface area (Å²) in [6.45, 7) is 2.52. The Balaban J connectivity index is 1.98. The number of likely N-dealkylation sites (N-methyl/N-ethyl adjacent to an activating group) is 1. The van der Waals surface area contributed by atoms with Gasteiger partial charge in [-0.15, -0.1) is 0 Å². The van der Waals surface area contributed by atoms with E-state index in [1.165, 1.54) is 0 Å². The summed E-state index contributed by atoms with van der Waals surface area (Å²) in [7, 11) is 1.95. The Kier molecular flexibility index (Phi) is 6.22. The summed E-state index contributed by atoms with van der Waals surface area (Å²) < 4.78 is 0. The van der Waals surface area contributed by atoms with Crippen molar-refractivity contribution < 1.29 is 9.69 Å². The molecule has 2 aromatic carbocycles. The van der Waals surface area contributed by atoms with Gasteiger partial charge in [-0.05, 0) is 43.3 Å². The number of amides is 1. The summed E-state index contributed by atoms with van der Waals surface area (Å²) in [5, 5.41) is 12.7. The summed E-state index contributed by atoms with van der Waals surface area (Å²) in [6, 6.07) is 14.1. The first kappa shape index (κ1) is 18.3. The number of hydrogen-bond acceptors (Lipinski definition) is 2. The van der Waals surface area contributed by atoms with Crippen LogP contribution < -0.4 is 10.2 Å². The molecule has 0 fully saturated rings. The lowest BCUT2D eigenvalue weighted by Gasteiger charge is -2.21. The largest absolute Gasteiger partial charge is 0.324 e. The lowest BCUT2D eigenvalue weighted by molar-refractivity contribution is -0.907. The molecule has 124 valence electrons. The molecule has 0 aromatic heterocycles. The maximum Gasteiger partial charge on any atom is 0.282 e. The van der Waals surface area contributed by atoms with Crippen molar-refractivity contribution in [1.29, 1.82) is 5.26 Å². The summed E-state index contributed by atoms with van der Waals surface area (Å²) in [5.41, 5.74) is 2.25. The number of rotatable bonds is 5. The van der Waals surface area contributed by atoms with Crippen LogP contribution in [0.3, 0.4) is 0 Å². The first-order valence-electron chi connectivity index (χ1n) is 7.48. The molecule has 6 heteroatoms. The van der Waals surface area contributed by atoms with Crippen molar-refractivity contribution in [1.82, 2.24) is 0 Å². The third kappa shape index (κ3) is 4.72. The third-order valence-corrected chi connectivity index (χ3v) is 4.62. The van der Waals surface area contributed by atoms with Crippen LogP contribution in [-0.2, 0) is 11.3 Å². The number of carbonyl (C=O) groups excluding carboxylic acids is 1. The Morgan fingerprint density at radius 3 is 2.46 bits per heavy atom. The van der Waals surface area contributed by atoms with Crippen molar-refractivity contribution >= 4 is 34.8 Å². The minimum Gasteiger partial charge on any atom is -0.324 e. The number of halogens is 2. The molecule has 0 saturated carbocycles. The molecule has 2 aromatic rings. The first-order valence-corrected chi connectivity index (χ1v) is 8.23. The fraction of sp³-hybridized carbons (Fsp3) is 0.222. The van der Waals surface area contributed by atoms with Gasteiger partial charge >= 0.3 is 0 Å². The second kappa shape index (κ2) is 8.16. The molecule has 0 aliphatic rings. The molecule has 4 nitrogen and oxygen atoms in total. The van der Waals surface area contributed by atoms with Crippen molar-refractivity contribution in [2.45, 2.75) is 19.5 Å². The van der Waals surface area contributed by atoms with E-state index in [4.69, 9.17) is 28.5 Å². The van der Waals surface area contributed by atoms with Gasteiger partial charge in [-0.3, -0.25) is 4.79 Å². The molecule has 2 rings (SSSR count). The Morgan fingerprint density at radius 1 is 1.21 bits per heavy atom. The number of anilines is 1. The predicted octanol–water partition coefficient (Wildman–Crippen LogP) is 2.91. The Morgan fingerprint density at radius 2 is 1.88 bits per heavy atom. The molecule has 0 bridgehead atoms. The van der Waals surface area contributed by atoms with E-state index in [-0.39, 0.29) is 11.9 Å². The molecule has 1 amide bonds. The molecule has 0 aliphatic carbocycles. The fourth-order valence-electron chi connectivity index (χ4n) is 2.23. The quantitative estimate of drug-likeness (QED) is 0.858. The third-order valence-electron chi connectivity index (χ3n) is 3.88. The highest BCUT2D eigenvalue weighted by atomic mass is 35.5. The van der Waals surface area contributed by atoms with Gasteiger partial charge in [0, 0.05) is 11.3 Å². The maximum absolute atomic E-state index is 12.4. The average Bonchev–Trinajstić information content (AvgIpc) is 2.58. The zero-order chi connectivity index (χ0) is 17.7. The second-order valence-electron chi connectivity index (χ2n) is 5.67. The van der Waals surface area contributed by atoms with Gasteiger partial charge in [-0.2, -0.15) is 5.26 Å². The lowest BCUT2D eigenvalue weighted by Crippen LogP contribution is -3.12. The number of nitrogens with zero attached hydrogens (tertiary/aromatic N) is 1. The van der Waals surface area contributed by atoms with Gasteiger partial charge in [0.25, 0.3) is 5.91 Å². The van der Waals surface area contributed by atoms with Crippen LogP contribution in [0.1, 0.15) is 18.1 Å². The predicted molar refractivity (Wildman–Crippen MR) is 96.3 cm³/mol. The molecular weight excluding hydrogens is 345 g/mol. The van der Waals surface area contributed by atoms with Gasteiger partial charge in [-0.1, -0.05) is 29.3 Å². The van der Waals surface area contributed by atoms with Gasteiger partial charge in [0.05, 0.1) is 28.7 Å². The normalized spacial score (nSPS) is 13.0. The van der Waals surface area contributed by atoms with E-state index in [1.54, 1.807) is 30.3 Å². The van der Waals surface area contributed by atoms with Gasteiger partial charge < -0.3 is 10.2 Å². The van der Waals surface area contributed by atoms with Crippen LogP contribution >= 0.6 is 23.2 Å². The number of benzene rings is 2. The Labute approximate surface area is 151 Å². The minimum atomic E-state index is -0.255. The Hall–Kier alpha value is -2.06. The zero-order valence-corrected chi connectivity index (χ0v) is 14.9. The van der Waals surface area contributed by atoms with E-state index >= 15 is 0 Å². The summed E-state index contributed by atoms with van der Waals surface area (Å²) in [4.78, 5) is 13.4. The van der Waals surface area contributed by atoms with Gasteiger partial charge in [0.15, 0.2) is 6.04 Å². The number of nitriles is 1. The number of quaternary nitrogens is 1. The number of carbonyl (C=O) groups is 1. The van der Waals surface area contributed by atoms with E-state index in [9.17, 15) is 4.79 Å². The molecule has 2 atom stereocenters. The van der Waals surface area contributed by atoms with Gasteiger partial charge in [-0.25, -0.2) is 0 Å². The standard InChI is InChI=1S/C18H17Cl2N3O/c1-12(18(24)22-15-6-3-13(10-21)4-7-15)23(2)11-14-5-8-16(19)17(20)9-14/h3-9,12H,11H2,1-2H3,(H,22,24)/p+1/t12-/m0/s1. The number of hydrogen-bond donors (Lipinski definition) is 2. The van der Waals surface area contributed by atoms with Crippen LogP contribution in [0.4, 0.5) is 5.69 Å². The maximum atomic E-state index is 12.4. The summed E-state index contributed by atoms with van der Waals surface area (Å²) >= 11 is 11.9. The highest BCUT2D eigenvalue weighted by molar-refractivity contribution is 6.42. The van der Waals surface area contributed by atoms with Crippen LogP contribution in [0.2, 0.25) is 10.0 Å². The first-order chi connectivity index (χ1) is 11.4. The van der Waals surface area contributed by atoms with Gasteiger partial charge in [0.2, 0.25) is 0 Å².